The summed E-state index contributed by atoms with van der Waals surface area (Å²) >= 11 is 0. The van der Waals surface area contributed by atoms with E-state index in [1.807, 2.05) is 24.9 Å². The van der Waals surface area contributed by atoms with Crippen molar-refractivity contribution in [1.29, 1.82) is 0 Å². The number of hydrogen-bond donors (Lipinski definition) is 5. The first-order valence-corrected chi connectivity index (χ1v) is 18.8. The van der Waals surface area contributed by atoms with E-state index in [9.17, 15) is 19.5 Å². The summed E-state index contributed by atoms with van der Waals surface area (Å²) < 4.78 is 5.16. The summed E-state index contributed by atoms with van der Waals surface area (Å²) in [4.78, 5) is 58.4. The molecule has 5 N–H and O–H groups in total. The summed E-state index contributed by atoms with van der Waals surface area (Å²) in [6, 6.07) is 15.9. The predicted molar refractivity (Wildman–Crippen MR) is 200 cm³/mol. The Morgan fingerprint density at radius 2 is 1.34 bits per heavy atom. The molecule has 4 aromatic rings. The Kier molecular flexibility index (Phi) is 10.9. The lowest BCUT2D eigenvalue weighted by molar-refractivity contribution is -0.136. The lowest BCUT2D eigenvalue weighted by Crippen LogP contribution is -2.50. The number of carboxylic acid groups (broad SMARTS) is 1. The number of aromatic nitrogens is 4. The Balaban J connectivity index is 0.980. The van der Waals surface area contributed by atoms with E-state index in [4.69, 9.17) is 9.72 Å². The van der Waals surface area contributed by atoms with E-state index in [1.54, 1.807) is 18.2 Å². The minimum atomic E-state index is -1.20. The van der Waals surface area contributed by atoms with Crippen molar-refractivity contribution in [3.05, 3.63) is 72.6 Å². The number of ether oxygens (including phenoxy) is 1. The predicted octanol–water partition coefficient (Wildman–Crippen LogP) is 6.12. The van der Waals surface area contributed by atoms with Crippen molar-refractivity contribution >= 4 is 17.9 Å². The Labute approximate surface area is 309 Å². The number of nitrogens with zero attached hydrogens (tertiary/aromatic N) is 4. The monoisotopic (exact) mass is 722 g/mol. The molecule has 2 aliphatic heterocycles. The molecule has 2 saturated heterocycles. The molecule has 2 aromatic heterocycles. The summed E-state index contributed by atoms with van der Waals surface area (Å²) in [5, 5.41) is 15.0. The highest BCUT2D eigenvalue weighted by atomic mass is 16.5. The molecule has 3 amide bonds. The number of carbonyl (C=O) groups excluding carboxylic acids is 2. The van der Waals surface area contributed by atoms with Gasteiger partial charge in [-0.25, -0.2) is 14.8 Å². The normalized spacial score (nSPS) is 22.1. The van der Waals surface area contributed by atoms with E-state index < -0.39 is 12.1 Å². The van der Waals surface area contributed by atoms with Crippen LogP contribution in [0.25, 0.3) is 33.6 Å². The Hall–Kier alpha value is -5.01. The summed E-state index contributed by atoms with van der Waals surface area (Å²) in [6.07, 6.45) is 8.70. The molecular formula is C40H50N8O5. The van der Waals surface area contributed by atoms with Crippen LogP contribution in [0, 0.1) is 11.8 Å². The molecule has 1 aliphatic carbocycles. The van der Waals surface area contributed by atoms with E-state index >= 15 is 0 Å². The summed E-state index contributed by atoms with van der Waals surface area (Å²) in [5.74, 6) is 1.45. The maximum absolute atomic E-state index is 13.5. The summed E-state index contributed by atoms with van der Waals surface area (Å²) in [5.41, 5.74) is 5.96. The van der Waals surface area contributed by atoms with E-state index in [-0.39, 0.29) is 35.7 Å². The molecule has 2 aromatic carbocycles. The van der Waals surface area contributed by atoms with Crippen LogP contribution in [0.5, 0.6) is 0 Å². The van der Waals surface area contributed by atoms with Crippen LogP contribution >= 0.6 is 0 Å². The van der Waals surface area contributed by atoms with E-state index in [2.05, 4.69) is 74.1 Å². The molecule has 5 atom stereocenters. The second kappa shape index (κ2) is 15.9. The number of imidazole rings is 2. The third-order valence-corrected chi connectivity index (χ3v) is 11.1. The lowest BCUT2D eigenvalue weighted by Gasteiger charge is -2.29. The Morgan fingerprint density at radius 1 is 0.811 bits per heavy atom. The Morgan fingerprint density at radius 3 is 1.87 bits per heavy atom. The number of hydrogen-bond acceptors (Lipinski definition) is 7. The van der Waals surface area contributed by atoms with E-state index in [0.717, 1.165) is 91.0 Å². The fourth-order valence-electron chi connectivity index (χ4n) is 8.27. The molecule has 13 heteroatoms. The van der Waals surface area contributed by atoms with Crippen molar-refractivity contribution in [2.24, 2.45) is 11.8 Å². The average Bonchev–Trinajstić information content (AvgIpc) is 4.01. The number of nitrogens with one attached hydrogen (secondary N) is 4. The molecule has 0 spiro atoms. The van der Waals surface area contributed by atoms with Gasteiger partial charge in [-0.3, -0.25) is 14.9 Å². The van der Waals surface area contributed by atoms with Gasteiger partial charge in [0.2, 0.25) is 11.8 Å². The first-order valence-electron chi connectivity index (χ1n) is 18.8. The molecule has 3 fully saturated rings. The van der Waals surface area contributed by atoms with Crippen molar-refractivity contribution in [3.8, 4) is 33.6 Å². The molecule has 0 bridgehead atoms. The van der Waals surface area contributed by atoms with Gasteiger partial charge in [0, 0.05) is 32.2 Å². The number of methoxy groups -OCH3 is 1. The highest BCUT2D eigenvalue weighted by Crippen LogP contribution is 2.37. The second-order valence-corrected chi connectivity index (χ2v) is 14.9. The maximum Gasteiger partial charge on any atom is 0.405 e. The van der Waals surface area contributed by atoms with Crippen molar-refractivity contribution < 1.29 is 24.2 Å². The van der Waals surface area contributed by atoms with Gasteiger partial charge in [-0.05, 0) is 73.1 Å². The highest BCUT2D eigenvalue weighted by Gasteiger charge is 2.39. The first kappa shape index (κ1) is 36.4. The van der Waals surface area contributed by atoms with Gasteiger partial charge in [0.05, 0.1) is 42.6 Å². The minimum Gasteiger partial charge on any atom is -0.465 e. The van der Waals surface area contributed by atoms with Crippen molar-refractivity contribution in [3.63, 3.8) is 0 Å². The number of amides is 3. The molecule has 1 saturated carbocycles. The maximum atomic E-state index is 13.5. The molecule has 0 radical (unpaired) electrons. The third-order valence-electron chi connectivity index (χ3n) is 11.1. The number of aromatic amines is 2. The topological polar surface area (TPSA) is 169 Å². The van der Waals surface area contributed by atoms with Gasteiger partial charge < -0.3 is 34.9 Å². The van der Waals surface area contributed by atoms with Gasteiger partial charge in [0.25, 0.3) is 0 Å². The van der Waals surface area contributed by atoms with E-state index in [0.29, 0.717) is 25.1 Å². The zero-order chi connectivity index (χ0) is 37.1. The van der Waals surface area contributed by atoms with Crippen LogP contribution in [0.2, 0.25) is 0 Å². The van der Waals surface area contributed by atoms with Crippen molar-refractivity contribution in [2.45, 2.75) is 83.0 Å². The zero-order valence-electron chi connectivity index (χ0n) is 30.7. The van der Waals surface area contributed by atoms with Crippen LogP contribution in [0.15, 0.2) is 60.9 Å². The zero-order valence-corrected chi connectivity index (χ0v) is 30.7. The van der Waals surface area contributed by atoms with Crippen LogP contribution in [0.1, 0.15) is 82.5 Å². The van der Waals surface area contributed by atoms with E-state index in [1.165, 1.54) is 0 Å². The SMILES string of the molecule is COCN[C@H]1CC[C@@H](C(=O)N2CCC[C@H]2c2ncc(-c3ccc(-c4ccc(-c5cnc([C@@H]6CCCN6C(=O)[C@@H](NC(=O)O)C(C)C)[nH]5)cc4)cc3)[nH]2)C1. The summed E-state index contributed by atoms with van der Waals surface area (Å²) in [7, 11) is 1.68. The van der Waals surface area contributed by atoms with Crippen LogP contribution < -0.4 is 10.6 Å². The molecule has 13 nitrogen and oxygen atoms in total. The smallest absolute Gasteiger partial charge is 0.405 e. The van der Waals surface area contributed by atoms with Crippen LogP contribution in [-0.2, 0) is 14.3 Å². The molecule has 53 heavy (non-hydrogen) atoms. The van der Waals surface area contributed by atoms with Crippen LogP contribution in [0.4, 0.5) is 4.79 Å². The molecule has 0 unspecified atom stereocenters. The minimum absolute atomic E-state index is 0.0242. The summed E-state index contributed by atoms with van der Waals surface area (Å²) in [6.45, 7) is 5.53. The average molecular weight is 723 g/mol. The molecular weight excluding hydrogens is 672 g/mol. The number of benzene rings is 2. The second-order valence-electron chi connectivity index (χ2n) is 14.9. The van der Waals surface area contributed by atoms with Gasteiger partial charge in [-0.1, -0.05) is 62.4 Å². The lowest BCUT2D eigenvalue weighted by atomic mass is 10.0. The Bertz CT molecular complexity index is 1890. The number of rotatable bonds is 12. The van der Waals surface area contributed by atoms with Gasteiger partial charge in [-0.2, -0.15) is 0 Å². The fraction of sp³-hybridized carbons (Fsp3) is 0.475. The largest absolute Gasteiger partial charge is 0.465 e. The van der Waals surface area contributed by atoms with Crippen molar-refractivity contribution in [1.82, 2.24) is 40.4 Å². The van der Waals surface area contributed by atoms with Crippen LogP contribution in [0.3, 0.4) is 0 Å². The first-order chi connectivity index (χ1) is 25.7. The number of H-pyrrole nitrogens is 2. The van der Waals surface area contributed by atoms with Crippen LogP contribution in [-0.4, -0.2) is 91.8 Å². The van der Waals surface area contributed by atoms with Gasteiger partial charge in [0.15, 0.2) is 0 Å². The van der Waals surface area contributed by atoms with Gasteiger partial charge in [-0.15, -0.1) is 0 Å². The quantitative estimate of drug-likeness (QED) is 0.109. The highest BCUT2D eigenvalue weighted by molar-refractivity contribution is 5.86. The molecule has 280 valence electrons. The fourth-order valence-corrected chi connectivity index (χ4v) is 8.27. The number of carbonyl (C=O) groups is 3. The number of likely N-dealkylation sites (tertiary alicyclic amines) is 2. The molecule has 7 rings (SSSR count). The third kappa shape index (κ3) is 7.86. The van der Waals surface area contributed by atoms with Gasteiger partial charge in [0.1, 0.15) is 17.7 Å². The van der Waals surface area contributed by atoms with Gasteiger partial charge >= 0.3 is 6.09 Å². The standard InChI is InChI=1S/C40H50N8O5/c1-24(2)35(46-40(51)52)39(50)48-19-5-7-34(48)37-42-22-32(45-37)28-14-10-26(11-15-28)25-8-12-27(13-9-25)31-21-41-36(44-31)33-6-4-18-47(33)38(49)29-16-17-30(20-29)43-23-53-3/h8-15,21-22,24,29-30,33-35,43,46H,4-7,16-20,23H2,1-3H3,(H,41,44)(H,42,45)(H,51,52)/t29-,30+,33+,34+,35+/m1/s1. The molecule has 4 heterocycles. The molecule has 3 aliphatic rings. The van der Waals surface area contributed by atoms with Crippen molar-refractivity contribution in [2.75, 3.05) is 26.9 Å².